The summed E-state index contributed by atoms with van der Waals surface area (Å²) in [6, 6.07) is 8.84. The molecule has 0 N–H and O–H groups in total. The molecule has 0 spiro atoms. The molecule has 1 aromatic rings. The summed E-state index contributed by atoms with van der Waals surface area (Å²) in [4.78, 5) is 13.7. The fraction of sp³-hybridized carbons (Fsp3) is 0.611. The maximum absolute atomic E-state index is 12.2. The molecule has 1 atom stereocenters. The van der Waals surface area contributed by atoms with Crippen LogP contribution in [0.25, 0.3) is 0 Å². The first-order valence-electron chi connectivity index (χ1n) is 8.68. The third-order valence-corrected chi connectivity index (χ3v) is 4.88. The highest BCUT2D eigenvalue weighted by Crippen LogP contribution is 2.21. The SMILES string of the molecule is CC(C)(C)OC(=O)N1CCCC1OCCOS(=O)(=O)Cc1ccccc1. The first-order chi connectivity index (χ1) is 12.2. The fourth-order valence-corrected chi connectivity index (χ4v) is 3.61. The lowest BCUT2D eigenvalue weighted by Crippen LogP contribution is -2.41. The molecule has 8 heteroatoms. The van der Waals surface area contributed by atoms with Crippen LogP contribution in [0.1, 0.15) is 39.2 Å². The van der Waals surface area contributed by atoms with Gasteiger partial charge < -0.3 is 9.47 Å². The van der Waals surface area contributed by atoms with Gasteiger partial charge in [-0.2, -0.15) is 8.42 Å². The molecule has 1 amide bonds. The van der Waals surface area contributed by atoms with Crippen LogP contribution in [0.2, 0.25) is 0 Å². The summed E-state index contributed by atoms with van der Waals surface area (Å²) < 4.78 is 39.9. The normalized spacial score (nSPS) is 18.1. The minimum Gasteiger partial charge on any atom is -0.444 e. The lowest BCUT2D eigenvalue weighted by Gasteiger charge is -2.28. The van der Waals surface area contributed by atoms with E-state index in [0.29, 0.717) is 18.5 Å². The van der Waals surface area contributed by atoms with Gasteiger partial charge in [0.05, 0.1) is 13.2 Å². The van der Waals surface area contributed by atoms with E-state index in [2.05, 4.69) is 0 Å². The van der Waals surface area contributed by atoms with Crippen molar-refractivity contribution in [2.75, 3.05) is 19.8 Å². The first-order valence-corrected chi connectivity index (χ1v) is 10.3. The van der Waals surface area contributed by atoms with Gasteiger partial charge in [0.25, 0.3) is 10.1 Å². The number of amides is 1. The third kappa shape index (κ3) is 6.93. The smallest absolute Gasteiger partial charge is 0.412 e. The molecule has 0 aromatic heterocycles. The molecule has 0 aliphatic carbocycles. The standard InChI is InChI=1S/C18H27NO6S/c1-18(2,3)25-17(20)19-11-7-10-16(19)23-12-13-24-26(21,22)14-15-8-5-4-6-9-15/h4-6,8-9,16H,7,10-14H2,1-3H3. The average molecular weight is 385 g/mol. The topological polar surface area (TPSA) is 82.1 Å². The van der Waals surface area contributed by atoms with Crippen molar-refractivity contribution < 1.29 is 26.9 Å². The van der Waals surface area contributed by atoms with Crippen LogP contribution in [-0.4, -0.2) is 51.0 Å². The summed E-state index contributed by atoms with van der Waals surface area (Å²) in [5.74, 6) is -0.179. The summed E-state index contributed by atoms with van der Waals surface area (Å²) in [5, 5.41) is 0. The van der Waals surface area contributed by atoms with Crippen LogP contribution in [-0.2, 0) is 29.5 Å². The van der Waals surface area contributed by atoms with Gasteiger partial charge in [-0.25, -0.2) is 4.79 Å². The lowest BCUT2D eigenvalue weighted by atomic mass is 10.2. The molecule has 1 unspecified atom stereocenters. The van der Waals surface area contributed by atoms with E-state index in [4.69, 9.17) is 13.7 Å². The van der Waals surface area contributed by atoms with Crippen LogP contribution in [0.3, 0.4) is 0 Å². The van der Waals surface area contributed by atoms with E-state index in [0.717, 1.165) is 6.42 Å². The van der Waals surface area contributed by atoms with E-state index in [1.54, 1.807) is 24.3 Å². The maximum atomic E-state index is 12.2. The van der Waals surface area contributed by atoms with Gasteiger partial charge in [-0.05, 0) is 39.2 Å². The van der Waals surface area contributed by atoms with Crippen LogP contribution in [0.5, 0.6) is 0 Å². The molecule has 0 radical (unpaired) electrons. The Morgan fingerprint density at radius 1 is 1.19 bits per heavy atom. The summed E-state index contributed by atoms with van der Waals surface area (Å²) in [7, 11) is -3.67. The van der Waals surface area contributed by atoms with E-state index in [1.807, 2.05) is 26.8 Å². The van der Waals surface area contributed by atoms with E-state index < -0.39 is 28.0 Å². The Hall–Kier alpha value is -1.64. The van der Waals surface area contributed by atoms with E-state index in [1.165, 1.54) is 4.90 Å². The number of ether oxygens (including phenoxy) is 2. The zero-order valence-electron chi connectivity index (χ0n) is 15.5. The van der Waals surface area contributed by atoms with Crippen LogP contribution < -0.4 is 0 Å². The Morgan fingerprint density at radius 2 is 1.88 bits per heavy atom. The van der Waals surface area contributed by atoms with Gasteiger partial charge in [0.1, 0.15) is 17.6 Å². The van der Waals surface area contributed by atoms with Gasteiger partial charge in [0.15, 0.2) is 0 Å². The Morgan fingerprint density at radius 3 is 2.54 bits per heavy atom. The van der Waals surface area contributed by atoms with Gasteiger partial charge in [0, 0.05) is 6.54 Å². The highest BCUT2D eigenvalue weighted by atomic mass is 32.2. The van der Waals surface area contributed by atoms with Gasteiger partial charge >= 0.3 is 6.09 Å². The second kappa shape index (κ2) is 8.83. The summed E-state index contributed by atoms with van der Waals surface area (Å²) in [6.45, 7) is 5.98. The summed E-state index contributed by atoms with van der Waals surface area (Å²) in [5.41, 5.74) is 0.0964. The highest BCUT2D eigenvalue weighted by Gasteiger charge is 2.32. The number of carbonyl (C=O) groups is 1. The minimum absolute atomic E-state index is 0.0813. The molecule has 1 heterocycles. The van der Waals surface area contributed by atoms with Gasteiger partial charge in [0.2, 0.25) is 0 Å². The molecule has 1 fully saturated rings. The number of benzene rings is 1. The molecule has 1 aromatic carbocycles. The van der Waals surface area contributed by atoms with Crippen molar-refractivity contribution in [1.29, 1.82) is 0 Å². The number of carbonyl (C=O) groups excluding carboxylic acids is 1. The Kier molecular flexibility index (Phi) is 7.02. The first kappa shape index (κ1) is 20.7. The van der Waals surface area contributed by atoms with Crippen LogP contribution in [0.4, 0.5) is 4.79 Å². The molecule has 1 aliphatic rings. The van der Waals surface area contributed by atoms with Gasteiger partial charge in [-0.3, -0.25) is 9.08 Å². The maximum Gasteiger partial charge on any atom is 0.412 e. The molecule has 0 saturated carbocycles. The van der Waals surface area contributed by atoms with Crippen molar-refractivity contribution in [3.63, 3.8) is 0 Å². The van der Waals surface area contributed by atoms with E-state index in [-0.39, 0.29) is 19.0 Å². The van der Waals surface area contributed by atoms with Crippen molar-refractivity contribution in [3.05, 3.63) is 35.9 Å². The highest BCUT2D eigenvalue weighted by molar-refractivity contribution is 7.85. The van der Waals surface area contributed by atoms with Crippen molar-refractivity contribution >= 4 is 16.2 Å². The molecule has 146 valence electrons. The Labute approximate surface area is 155 Å². The molecule has 0 bridgehead atoms. The fourth-order valence-electron chi connectivity index (χ4n) is 2.60. The van der Waals surface area contributed by atoms with Crippen LogP contribution in [0.15, 0.2) is 30.3 Å². The second-order valence-electron chi connectivity index (χ2n) is 7.15. The van der Waals surface area contributed by atoms with E-state index >= 15 is 0 Å². The van der Waals surface area contributed by atoms with Crippen LogP contribution in [0, 0.1) is 0 Å². The summed E-state index contributed by atoms with van der Waals surface area (Å²) >= 11 is 0. The number of nitrogens with zero attached hydrogens (tertiary/aromatic N) is 1. The number of rotatable bonds is 7. The number of hydrogen-bond acceptors (Lipinski definition) is 6. The van der Waals surface area contributed by atoms with Crippen molar-refractivity contribution in [3.8, 4) is 0 Å². The minimum atomic E-state index is -3.67. The third-order valence-electron chi connectivity index (χ3n) is 3.67. The second-order valence-corrected chi connectivity index (χ2v) is 8.79. The summed E-state index contributed by atoms with van der Waals surface area (Å²) in [6.07, 6.45) is 0.676. The average Bonchev–Trinajstić information content (AvgIpc) is 2.99. The molecular weight excluding hydrogens is 358 g/mol. The quantitative estimate of drug-likeness (QED) is 0.530. The lowest BCUT2D eigenvalue weighted by molar-refractivity contribution is -0.0546. The van der Waals surface area contributed by atoms with Crippen molar-refractivity contribution in [2.45, 2.75) is 51.2 Å². The predicted octanol–water partition coefficient (Wildman–Crippen LogP) is 2.91. The predicted molar refractivity (Wildman–Crippen MR) is 96.9 cm³/mol. The van der Waals surface area contributed by atoms with Gasteiger partial charge in [-0.1, -0.05) is 30.3 Å². The Balaban J connectivity index is 1.75. The zero-order chi connectivity index (χ0) is 19.2. The molecular formula is C18H27NO6S. The monoisotopic (exact) mass is 385 g/mol. The largest absolute Gasteiger partial charge is 0.444 e. The molecule has 1 saturated heterocycles. The van der Waals surface area contributed by atoms with Crippen molar-refractivity contribution in [1.82, 2.24) is 4.90 Å². The van der Waals surface area contributed by atoms with E-state index in [9.17, 15) is 13.2 Å². The molecule has 2 rings (SSSR count). The number of likely N-dealkylation sites (tertiary alicyclic amines) is 1. The zero-order valence-corrected chi connectivity index (χ0v) is 16.3. The Bertz CT molecular complexity index is 683. The molecule has 26 heavy (non-hydrogen) atoms. The van der Waals surface area contributed by atoms with Crippen LogP contribution >= 0.6 is 0 Å². The molecule has 1 aliphatic heterocycles. The van der Waals surface area contributed by atoms with Crippen molar-refractivity contribution in [2.24, 2.45) is 0 Å². The van der Waals surface area contributed by atoms with Gasteiger partial charge in [-0.15, -0.1) is 0 Å². The molecule has 7 nitrogen and oxygen atoms in total. The number of hydrogen-bond donors (Lipinski definition) is 0.